The summed E-state index contributed by atoms with van der Waals surface area (Å²) in [7, 11) is 0. The summed E-state index contributed by atoms with van der Waals surface area (Å²) in [5.41, 5.74) is 10.3. The van der Waals surface area contributed by atoms with Gasteiger partial charge in [0.1, 0.15) is 0 Å². The van der Waals surface area contributed by atoms with Crippen molar-refractivity contribution in [3.8, 4) is 28.5 Å². The van der Waals surface area contributed by atoms with E-state index in [2.05, 4.69) is 115 Å². The summed E-state index contributed by atoms with van der Waals surface area (Å²) in [6, 6.07) is 44.3. The van der Waals surface area contributed by atoms with Crippen molar-refractivity contribution in [3.63, 3.8) is 0 Å². The molecule has 2 heterocycles. The van der Waals surface area contributed by atoms with Crippen molar-refractivity contribution >= 4 is 39.7 Å². The normalized spacial score (nSPS) is 12.1. The Labute approximate surface area is 232 Å². The topological polar surface area (TPSA) is 39.9 Å². The van der Waals surface area contributed by atoms with Crippen LogP contribution in [-0.2, 0) is 0 Å². The maximum atomic E-state index is 9.32. The van der Waals surface area contributed by atoms with Crippen molar-refractivity contribution in [3.05, 3.63) is 132 Å². The van der Waals surface area contributed by atoms with Crippen LogP contribution in [0, 0.1) is 18.3 Å². The number of nitrogens with zero attached hydrogens (tertiary/aromatic N) is 3. The average Bonchev–Trinajstić information content (AvgIpc) is 2.99. The number of rotatable bonds is 3. The molecule has 1 aromatic heterocycles. The highest BCUT2D eigenvalue weighted by molar-refractivity contribution is 7.99. The molecular weight excluding hydrogens is 494 g/mol. The molecule has 39 heavy (non-hydrogen) atoms. The number of hydrogen-bond donors (Lipinski definition) is 0. The molecular formula is C35H23N3S. The van der Waals surface area contributed by atoms with Crippen LogP contribution in [0.25, 0.3) is 33.3 Å². The quantitative estimate of drug-likeness (QED) is 0.234. The highest BCUT2D eigenvalue weighted by Gasteiger charge is 2.26. The monoisotopic (exact) mass is 517 g/mol. The van der Waals surface area contributed by atoms with Crippen LogP contribution in [0.4, 0.5) is 17.1 Å². The molecule has 3 nitrogen and oxygen atoms in total. The van der Waals surface area contributed by atoms with Crippen LogP contribution in [-0.4, -0.2) is 4.98 Å². The molecule has 184 valence electrons. The number of benzene rings is 5. The Morgan fingerprint density at radius 2 is 1.28 bits per heavy atom. The van der Waals surface area contributed by atoms with Gasteiger partial charge in [0.25, 0.3) is 0 Å². The lowest BCUT2D eigenvalue weighted by Gasteiger charge is -2.33. The Bertz CT molecular complexity index is 1860. The molecule has 4 heteroatoms. The lowest BCUT2D eigenvalue weighted by molar-refractivity contribution is 1.17. The van der Waals surface area contributed by atoms with Gasteiger partial charge in [-0.05, 0) is 66.6 Å². The van der Waals surface area contributed by atoms with E-state index in [1.54, 1.807) is 11.8 Å². The first-order chi connectivity index (χ1) is 19.2. The Morgan fingerprint density at radius 3 is 1.95 bits per heavy atom. The minimum absolute atomic E-state index is 0.637. The molecule has 0 saturated carbocycles. The van der Waals surface area contributed by atoms with Gasteiger partial charge in [-0.3, -0.25) is 0 Å². The highest BCUT2D eigenvalue weighted by atomic mass is 32.2. The molecule has 0 saturated heterocycles. The maximum absolute atomic E-state index is 9.32. The van der Waals surface area contributed by atoms with Gasteiger partial charge in [-0.15, -0.1) is 0 Å². The SMILES string of the molecule is Cc1ccc(-c2cc(-c3ccc(C#N)cc3)nc3c(N4c5ccccc5Sc5ccccc54)cccc23)cc1. The lowest BCUT2D eigenvalue weighted by Crippen LogP contribution is -2.15. The minimum atomic E-state index is 0.637. The number of aromatic nitrogens is 1. The zero-order chi connectivity index (χ0) is 26.3. The van der Waals surface area contributed by atoms with Crippen LogP contribution in [0.1, 0.15) is 11.1 Å². The fourth-order valence-corrected chi connectivity index (χ4v) is 6.27. The van der Waals surface area contributed by atoms with E-state index in [4.69, 9.17) is 4.98 Å². The molecule has 0 spiro atoms. The second kappa shape index (κ2) is 9.47. The number of nitriles is 1. The van der Waals surface area contributed by atoms with Crippen LogP contribution >= 0.6 is 11.8 Å². The Kier molecular flexibility index (Phi) is 5.65. The molecule has 0 fully saturated rings. The van der Waals surface area contributed by atoms with E-state index in [0.717, 1.165) is 50.3 Å². The predicted octanol–water partition coefficient (Wildman–Crippen LogP) is 9.68. The van der Waals surface area contributed by atoms with E-state index >= 15 is 0 Å². The minimum Gasteiger partial charge on any atom is -0.306 e. The Hall–Kier alpha value is -4.85. The number of para-hydroxylation sites is 3. The van der Waals surface area contributed by atoms with Crippen molar-refractivity contribution in [2.75, 3.05) is 4.90 Å². The van der Waals surface area contributed by atoms with Gasteiger partial charge in [0, 0.05) is 20.7 Å². The van der Waals surface area contributed by atoms with Gasteiger partial charge in [-0.1, -0.05) is 90.1 Å². The van der Waals surface area contributed by atoms with E-state index in [1.807, 2.05) is 24.3 Å². The molecule has 0 amide bonds. The number of pyridine rings is 1. The summed E-state index contributed by atoms with van der Waals surface area (Å²) >= 11 is 1.80. The molecule has 0 bridgehead atoms. The zero-order valence-corrected chi connectivity index (χ0v) is 22.1. The summed E-state index contributed by atoms with van der Waals surface area (Å²) in [6.07, 6.45) is 0. The van der Waals surface area contributed by atoms with E-state index in [1.165, 1.54) is 15.4 Å². The van der Waals surface area contributed by atoms with Gasteiger partial charge in [-0.25, -0.2) is 4.98 Å². The molecule has 0 radical (unpaired) electrons. The van der Waals surface area contributed by atoms with Gasteiger partial charge in [0.05, 0.1) is 39.9 Å². The molecule has 0 N–H and O–H groups in total. The molecule has 1 aliphatic heterocycles. The van der Waals surface area contributed by atoms with Crippen molar-refractivity contribution in [2.24, 2.45) is 0 Å². The fourth-order valence-electron chi connectivity index (χ4n) is 5.21. The molecule has 0 atom stereocenters. The summed E-state index contributed by atoms with van der Waals surface area (Å²) in [5, 5.41) is 10.4. The van der Waals surface area contributed by atoms with Gasteiger partial charge in [0.15, 0.2) is 0 Å². The van der Waals surface area contributed by atoms with E-state index < -0.39 is 0 Å². The number of aryl methyl sites for hydroxylation is 1. The molecule has 1 aliphatic rings. The predicted molar refractivity (Wildman–Crippen MR) is 161 cm³/mol. The zero-order valence-electron chi connectivity index (χ0n) is 21.3. The first kappa shape index (κ1) is 23.3. The number of anilines is 3. The van der Waals surface area contributed by atoms with Gasteiger partial charge in [0.2, 0.25) is 0 Å². The third-order valence-electron chi connectivity index (χ3n) is 7.16. The third-order valence-corrected chi connectivity index (χ3v) is 8.29. The largest absolute Gasteiger partial charge is 0.306 e. The van der Waals surface area contributed by atoms with Crippen LogP contribution in [0.3, 0.4) is 0 Å². The molecule has 7 rings (SSSR count). The third kappa shape index (κ3) is 4.05. The molecule has 5 aromatic carbocycles. The highest BCUT2D eigenvalue weighted by Crippen LogP contribution is 2.52. The van der Waals surface area contributed by atoms with Crippen molar-refractivity contribution in [1.82, 2.24) is 4.98 Å². The van der Waals surface area contributed by atoms with Gasteiger partial charge < -0.3 is 4.90 Å². The fraction of sp³-hybridized carbons (Fsp3) is 0.0286. The van der Waals surface area contributed by atoms with E-state index in [-0.39, 0.29) is 0 Å². The summed E-state index contributed by atoms with van der Waals surface area (Å²) in [5.74, 6) is 0. The van der Waals surface area contributed by atoms with Gasteiger partial charge >= 0.3 is 0 Å². The second-order valence-electron chi connectivity index (χ2n) is 9.66. The first-order valence-corrected chi connectivity index (χ1v) is 13.7. The standard InChI is InChI=1S/C35H23N3S/c1-23-13-17-25(18-14-23)28-21-29(26-19-15-24(22-36)16-20-26)37-35-27(28)7-6-10-32(35)38-30-8-2-4-11-33(30)39-34-12-5-3-9-31(34)38/h2-21H,1H3. The van der Waals surface area contributed by atoms with Crippen LogP contribution in [0.5, 0.6) is 0 Å². The number of fused-ring (bicyclic) bond motifs is 3. The van der Waals surface area contributed by atoms with Crippen molar-refractivity contribution in [2.45, 2.75) is 16.7 Å². The van der Waals surface area contributed by atoms with E-state index in [0.29, 0.717) is 5.56 Å². The van der Waals surface area contributed by atoms with Crippen LogP contribution < -0.4 is 4.90 Å². The maximum Gasteiger partial charge on any atom is 0.0991 e. The van der Waals surface area contributed by atoms with Crippen LogP contribution in [0.15, 0.2) is 131 Å². The molecule has 6 aromatic rings. The smallest absolute Gasteiger partial charge is 0.0991 e. The number of hydrogen-bond acceptors (Lipinski definition) is 4. The summed E-state index contributed by atoms with van der Waals surface area (Å²) in [6.45, 7) is 2.11. The van der Waals surface area contributed by atoms with Gasteiger partial charge in [-0.2, -0.15) is 5.26 Å². The summed E-state index contributed by atoms with van der Waals surface area (Å²) in [4.78, 5) is 10.1. The first-order valence-electron chi connectivity index (χ1n) is 12.9. The van der Waals surface area contributed by atoms with Crippen molar-refractivity contribution in [1.29, 1.82) is 5.26 Å². The average molecular weight is 518 g/mol. The Balaban J connectivity index is 1.53. The molecule has 0 aliphatic carbocycles. The summed E-state index contributed by atoms with van der Waals surface area (Å²) < 4.78 is 0. The van der Waals surface area contributed by atoms with E-state index in [9.17, 15) is 5.26 Å². The lowest BCUT2D eigenvalue weighted by atomic mass is 9.96. The molecule has 0 unspecified atom stereocenters. The van der Waals surface area contributed by atoms with Crippen molar-refractivity contribution < 1.29 is 0 Å². The Morgan fingerprint density at radius 1 is 0.667 bits per heavy atom. The second-order valence-corrected chi connectivity index (χ2v) is 10.7. The van der Waals surface area contributed by atoms with Crippen LogP contribution in [0.2, 0.25) is 0 Å².